The highest BCUT2D eigenvalue weighted by Gasteiger charge is 2.24. The maximum absolute atomic E-state index is 13.7. The van der Waals surface area contributed by atoms with E-state index < -0.39 is 11.4 Å². The predicted octanol–water partition coefficient (Wildman–Crippen LogP) is 4.71. The quantitative estimate of drug-likeness (QED) is 0.331. The van der Waals surface area contributed by atoms with Crippen LogP contribution in [0.15, 0.2) is 54.9 Å². The molecule has 0 saturated heterocycles. The van der Waals surface area contributed by atoms with E-state index in [0.29, 0.717) is 22.8 Å². The van der Waals surface area contributed by atoms with E-state index in [4.69, 9.17) is 4.74 Å². The van der Waals surface area contributed by atoms with Gasteiger partial charge in [0.2, 0.25) is 5.88 Å². The van der Waals surface area contributed by atoms with E-state index in [-0.39, 0.29) is 24.4 Å². The van der Waals surface area contributed by atoms with Gasteiger partial charge < -0.3 is 20.5 Å². The van der Waals surface area contributed by atoms with Gasteiger partial charge in [-0.15, -0.1) is 0 Å². The summed E-state index contributed by atoms with van der Waals surface area (Å²) in [7, 11) is 0. The van der Waals surface area contributed by atoms with E-state index in [9.17, 15) is 14.3 Å². The highest BCUT2D eigenvalue weighted by molar-refractivity contribution is 5.96. The smallest absolute Gasteiger partial charge is 0.251 e. The highest BCUT2D eigenvalue weighted by Crippen LogP contribution is 2.30. The minimum Gasteiger partial charge on any atom is -0.437 e. The first-order chi connectivity index (χ1) is 17.2. The maximum Gasteiger partial charge on any atom is 0.251 e. The molecule has 2 aromatic heterocycles. The molecule has 1 fully saturated rings. The van der Waals surface area contributed by atoms with Crippen molar-refractivity contribution >= 4 is 17.4 Å². The largest absolute Gasteiger partial charge is 0.437 e. The Hall–Kier alpha value is -3.98. The summed E-state index contributed by atoms with van der Waals surface area (Å²) in [4.78, 5) is 21.6. The van der Waals surface area contributed by atoms with Crippen molar-refractivity contribution in [2.24, 2.45) is 0 Å². The summed E-state index contributed by atoms with van der Waals surface area (Å²) >= 11 is 0. The third kappa shape index (κ3) is 5.31. The van der Waals surface area contributed by atoms with Crippen molar-refractivity contribution in [3.63, 3.8) is 0 Å². The summed E-state index contributed by atoms with van der Waals surface area (Å²) in [6.45, 7) is 5.51. The molecule has 0 aliphatic heterocycles. The molecule has 2 heterocycles. The van der Waals surface area contributed by atoms with E-state index in [1.807, 2.05) is 29.5 Å². The van der Waals surface area contributed by atoms with Gasteiger partial charge in [0, 0.05) is 29.8 Å². The van der Waals surface area contributed by atoms with Gasteiger partial charge in [-0.1, -0.05) is 12.1 Å². The van der Waals surface area contributed by atoms with Gasteiger partial charge in [0.05, 0.1) is 23.7 Å². The minimum absolute atomic E-state index is 0.0622. The number of carbonyl (C=O) groups excluding carboxylic acids is 1. The van der Waals surface area contributed by atoms with Crippen LogP contribution in [0.4, 0.5) is 10.2 Å². The Morgan fingerprint density at radius 3 is 2.75 bits per heavy atom. The SMILES string of the molecule is Cc1cc(-c2cnc3c(NCC(C)(C)O)nc(Oc4cccc(F)c4)cn23)ccc1C(=O)NC1CC1. The second kappa shape index (κ2) is 9.23. The van der Waals surface area contributed by atoms with Gasteiger partial charge in [0.1, 0.15) is 11.6 Å². The zero-order chi connectivity index (χ0) is 25.4. The fraction of sp³-hybridized carbons (Fsp3) is 0.296. The fourth-order valence-electron chi connectivity index (χ4n) is 3.87. The van der Waals surface area contributed by atoms with Gasteiger partial charge in [-0.25, -0.2) is 9.37 Å². The summed E-state index contributed by atoms with van der Waals surface area (Å²) < 4.78 is 21.4. The number of anilines is 1. The number of hydrogen-bond acceptors (Lipinski definition) is 6. The monoisotopic (exact) mass is 489 g/mol. The van der Waals surface area contributed by atoms with Crippen molar-refractivity contribution in [3.05, 3.63) is 71.8 Å². The number of aromatic nitrogens is 3. The lowest BCUT2D eigenvalue weighted by Gasteiger charge is -2.19. The standard InChI is InChI=1S/C27H28FN5O3/c1-16-11-17(7-10-21(16)26(34)31-19-8-9-19)22-13-29-25-24(30-15-27(2,3)35)32-23(14-33(22)25)36-20-6-4-5-18(28)12-20/h4-7,10-14,19,35H,8-9,15H2,1-3H3,(H,30,32)(H,31,34). The number of aliphatic hydroxyl groups is 1. The lowest BCUT2D eigenvalue weighted by atomic mass is 10.0. The molecule has 0 radical (unpaired) electrons. The fourth-order valence-corrected chi connectivity index (χ4v) is 3.87. The maximum atomic E-state index is 13.7. The molecule has 186 valence electrons. The Morgan fingerprint density at radius 1 is 1.25 bits per heavy atom. The number of halogens is 1. The third-order valence-corrected chi connectivity index (χ3v) is 5.86. The number of benzene rings is 2. The van der Waals surface area contributed by atoms with Crippen molar-refractivity contribution < 1.29 is 19.0 Å². The molecule has 1 saturated carbocycles. The Bertz CT molecular complexity index is 1440. The Labute approximate surface area is 208 Å². The van der Waals surface area contributed by atoms with E-state index in [2.05, 4.69) is 20.6 Å². The van der Waals surface area contributed by atoms with E-state index in [1.165, 1.54) is 12.1 Å². The minimum atomic E-state index is -0.985. The van der Waals surface area contributed by atoms with Crippen LogP contribution in [0, 0.1) is 12.7 Å². The number of rotatable bonds is 8. The van der Waals surface area contributed by atoms with Crippen LogP contribution in [0.3, 0.4) is 0 Å². The molecule has 1 aliphatic rings. The number of ether oxygens (including phenoxy) is 1. The Morgan fingerprint density at radius 2 is 2.06 bits per heavy atom. The van der Waals surface area contributed by atoms with Crippen molar-refractivity contribution in [3.8, 4) is 22.9 Å². The predicted molar refractivity (Wildman–Crippen MR) is 135 cm³/mol. The molecule has 0 unspecified atom stereocenters. The molecule has 36 heavy (non-hydrogen) atoms. The van der Waals surface area contributed by atoms with Crippen LogP contribution < -0.4 is 15.4 Å². The lowest BCUT2D eigenvalue weighted by molar-refractivity contribution is 0.0939. The summed E-state index contributed by atoms with van der Waals surface area (Å²) in [6, 6.07) is 11.8. The molecule has 0 spiro atoms. The van der Waals surface area contributed by atoms with E-state index in [0.717, 1.165) is 29.7 Å². The number of imidazole rings is 1. The Balaban J connectivity index is 1.54. The zero-order valence-corrected chi connectivity index (χ0v) is 20.4. The summed E-state index contributed by atoms with van der Waals surface area (Å²) in [5.74, 6) is 0.461. The number of nitrogens with zero attached hydrogens (tertiary/aromatic N) is 3. The van der Waals surface area contributed by atoms with Crippen molar-refractivity contribution in [2.45, 2.75) is 45.3 Å². The van der Waals surface area contributed by atoms with Gasteiger partial charge in [-0.05, 0) is 63.4 Å². The number of fused-ring (bicyclic) bond motifs is 1. The number of amides is 1. The van der Waals surface area contributed by atoms with Crippen LogP contribution in [0.2, 0.25) is 0 Å². The summed E-state index contributed by atoms with van der Waals surface area (Å²) in [6.07, 6.45) is 5.46. The molecule has 8 nitrogen and oxygen atoms in total. The average molecular weight is 490 g/mol. The van der Waals surface area contributed by atoms with Gasteiger partial charge in [-0.3, -0.25) is 9.20 Å². The molecule has 0 bridgehead atoms. The van der Waals surface area contributed by atoms with E-state index in [1.54, 1.807) is 38.4 Å². The first-order valence-electron chi connectivity index (χ1n) is 11.9. The van der Waals surface area contributed by atoms with Crippen molar-refractivity contribution in [1.82, 2.24) is 19.7 Å². The molecule has 2 aromatic carbocycles. The number of aryl methyl sites for hydroxylation is 1. The second-order valence-electron chi connectivity index (χ2n) is 9.77. The summed E-state index contributed by atoms with van der Waals surface area (Å²) in [5.41, 5.74) is 2.67. The van der Waals surface area contributed by atoms with Crippen LogP contribution in [-0.4, -0.2) is 43.6 Å². The molecule has 9 heteroatoms. The first kappa shape index (κ1) is 23.7. The molecule has 0 atom stereocenters. The molecule has 5 rings (SSSR count). The second-order valence-corrected chi connectivity index (χ2v) is 9.77. The lowest BCUT2D eigenvalue weighted by Crippen LogP contribution is -2.29. The molecule has 1 amide bonds. The van der Waals surface area contributed by atoms with Crippen LogP contribution in [0.1, 0.15) is 42.6 Å². The van der Waals surface area contributed by atoms with Crippen LogP contribution in [-0.2, 0) is 0 Å². The van der Waals surface area contributed by atoms with Crippen molar-refractivity contribution in [1.29, 1.82) is 0 Å². The molecular formula is C27H28FN5O3. The molecule has 4 aromatic rings. The van der Waals surface area contributed by atoms with Crippen molar-refractivity contribution in [2.75, 3.05) is 11.9 Å². The number of nitrogens with one attached hydrogen (secondary N) is 2. The van der Waals surface area contributed by atoms with Gasteiger partial charge >= 0.3 is 0 Å². The first-order valence-corrected chi connectivity index (χ1v) is 11.9. The highest BCUT2D eigenvalue weighted by atomic mass is 19.1. The number of hydrogen-bond donors (Lipinski definition) is 3. The van der Waals surface area contributed by atoms with Crippen LogP contribution in [0.25, 0.3) is 16.9 Å². The zero-order valence-electron chi connectivity index (χ0n) is 20.4. The van der Waals surface area contributed by atoms with Gasteiger partial charge in [0.25, 0.3) is 5.91 Å². The van der Waals surface area contributed by atoms with Crippen LogP contribution in [0.5, 0.6) is 11.6 Å². The molecular weight excluding hydrogens is 461 g/mol. The topological polar surface area (TPSA) is 101 Å². The molecule has 3 N–H and O–H groups in total. The third-order valence-electron chi connectivity index (χ3n) is 5.86. The molecule has 1 aliphatic carbocycles. The van der Waals surface area contributed by atoms with Crippen LogP contribution >= 0.6 is 0 Å². The number of carbonyl (C=O) groups is 1. The van der Waals surface area contributed by atoms with Gasteiger partial charge in [0.15, 0.2) is 11.5 Å². The van der Waals surface area contributed by atoms with Gasteiger partial charge in [-0.2, -0.15) is 4.98 Å². The normalized spacial score (nSPS) is 13.6. The Kier molecular flexibility index (Phi) is 6.09. The summed E-state index contributed by atoms with van der Waals surface area (Å²) in [5, 5.41) is 16.4. The average Bonchev–Trinajstić information content (AvgIpc) is 3.52. The van der Waals surface area contributed by atoms with E-state index >= 15 is 0 Å².